The summed E-state index contributed by atoms with van der Waals surface area (Å²) in [6.45, 7) is 3.43. The molecule has 0 atom stereocenters. The second-order valence-corrected chi connectivity index (χ2v) is 8.51. The van der Waals surface area contributed by atoms with E-state index in [9.17, 15) is 4.79 Å². The Hall–Kier alpha value is -3.74. The molecular weight excluding hydrogens is 414 g/mol. The molecule has 1 fully saturated rings. The maximum absolute atomic E-state index is 13.4. The lowest BCUT2D eigenvalue weighted by Gasteiger charge is -2.32. The number of fused-ring (bicyclic) bond motifs is 1. The van der Waals surface area contributed by atoms with E-state index in [0.717, 1.165) is 57.7 Å². The van der Waals surface area contributed by atoms with Gasteiger partial charge in [-0.2, -0.15) is 5.10 Å². The van der Waals surface area contributed by atoms with Crippen molar-refractivity contribution in [2.45, 2.75) is 25.7 Å². The molecule has 0 saturated carbocycles. The van der Waals surface area contributed by atoms with Gasteiger partial charge in [0.25, 0.3) is 5.91 Å². The lowest BCUT2D eigenvalue weighted by atomic mass is 9.91. The minimum atomic E-state index is 0.0898. The SMILES string of the molecule is COc1ccc(-c2cccc(C(=O)N3CCC(c4nn(C)c5nccnc45)CC3)c2C)cc1. The highest BCUT2D eigenvalue weighted by Crippen LogP contribution is 2.32. The number of hydrogen-bond donors (Lipinski definition) is 0. The molecule has 7 nitrogen and oxygen atoms in total. The van der Waals surface area contributed by atoms with Gasteiger partial charge in [-0.1, -0.05) is 24.3 Å². The number of aryl methyl sites for hydroxylation is 1. The van der Waals surface area contributed by atoms with E-state index in [-0.39, 0.29) is 11.8 Å². The summed E-state index contributed by atoms with van der Waals surface area (Å²) in [6, 6.07) is 13.9. The zero-order valence-corrected chi connectivity index (χ0v) is 19.2. The van der Waals surface area contributed by atoms with Crippen LogP contribution in [0, 0.1) is 6.92 Å². The first-order valence-corrected chi connectivity index (χ1v) is 11.2. The zero-order valence-electron chi connectivity index (χ0n) is 19.2. The van der Waals surface area contributed by atoms with E-state index in [1.165, 1.54) is 0 Å². The van der Waals surface area contributed by atoms with Gasteiger partial charge in [-0.15, -0.1) is 0 Å². The first-order valence-electron chi connectivity index (χ1n) is 11.2. The highest BCUT2D eigenvalue weighted by Gasteiger charge is 2.29. The number of hydrogen-bond acceptors (Lipinski definition) is 5. The van der Waals surface area contributed by atoms with Crippen LogP contribution in [0.15, 0.2) is 54.9 Å². The third-order valence-electron chi connectivity index (χ3n) is 6.62. The van der Waals surface area contributed by atoms with Crippen molar-refractivity contribution >= 4 is 17.1 Å². The largest absolute Gasteiger partial charge is 0.497 e. The molecule has 0 spiro atoms. The van der Waals surface area contributed by atoms with Crippen LogP contribution in [0.2, 0.25) is 0 Å². The van der Waals surface area contributed by atoms with E-state index in [1.807, 2.05) is 55.3 Å². The molecule has 1 aliphatic rings. The van der Waals surface area contributed by atoms with Crippen molar-refractivity contribution in [3.63, 3.8) is 0 Å². The van der Waals surface area contributed by atoms with E-state index in [4.69, 9.17) is 9.84 Å². The molecule has 0 bridgehead atoms. The van der Waals surface area contributed by atoms with Gasteiger partial charge >= 0.3 is 0 Å². The van der Waals surface area contributed by atoms with Crippen molar-refractivity contribution in [2.24, 2.45) is 7.05 Å². The normalized spacial score (nSPS) is 14.6. The second-order valence-electron chi connectivity index (χ2n) is 8.51. The Bertz CT molecular complexity index is 1300. The Morgan fingerprint density at radius 2 is 1.76 bits per heavy atom. The molecule has 2 aromatic carbocycles. The van der Waals surface area contributed by atoms with Crippen molar-refractivity contribution in [1.82, 2.24) is 24.6 Å². The molecule has 1 aliphatic heterocycles. The number of carbonyl (C=O) groups is 1. The Morgan fingerprint density at radius 1 is 1.03 bits per heavy atom. The van der Waals surface area contributed by atoms with Crippen LogP contribution in [0.4, 0.5) is 0 Å². The Morgan fingerprint density at radius 3 is 2.48 bits per heavy atom. The average Bonchev–Trinajstić information content (AvgIpc) is 3.20. The predicted octanol–water partition coefficient (Wildman–Crippen LogP) is 4.37. The van der Waals surface area contributed by atoms with Gasteiger partial charge in [0.05, 0.1) is 12.8 Å². The summed E-state index contributed by atoms with van der Waals surface area (Å²) in [5.74, 6) is 1.19. The molecular formula is C26H27N5O2. The molecule has 0 N–H and O–H groups in total. The lowest BCUT2D eigenvalue weighted by molar-refractivity contribution is 0.0711. The van der Waals surface area contributed by atoms with Crippen LogP contribution in [-0.2, 0) is 7.05 Å². The Balaban J connectivity index is 1.34. The number of nitrogens with zero attached hydrogens (tertiary/aromatic N) is 5. The monoisotopic (exact) mass is 441 g/mol. The van der Waals surface area contributed by atoms with Crippen LogP contribution in [0.25, 0.3) is 22.3 Å². The lowest BCUT2D eigenvalue weighted by Crippen LogP contribution is -2.38. The number of benzene rings is 2. The smallest absolute Gasteiger partial charge is 0.254 e. The summed E-state index contributed by atoms with van der Waals surface area (Å²) in [4.78, 5) is 24.3. The van der Waals surface area contributed by atoms with E-state index in [2.05, 4.69) is 16.0 Å². The van der Waals surface area contributed by atoms with Crippen molar-refractivity contribution < 1.29 is 9.53 Å². The average molecular weight is 442 g/mol. The summed E-state index contributed by atoms with van der Waals surface area (Å²) < 4.78 is 7.06. The summed E-state index contributed by atoms with van der Waals surface area (Å²) >= 11 is 0. The van der Waals surface area contributed by atoms with Crippen LogP contribution in [-0.4, -0.2) is 50.8 Å². The fraction of sp³-hybridized carbons (Fsp3) is 0.308. The number of carbonyl (C=O) groups excluding carboxylic acids is 1. The quantitative estimate of drug-likeness (QED) is 0.470. The summed E-state index contributed by atoms with van der Waals surface area (Å²) in [5.41, 5.74) is 6.56. The number of piperidine rings is 1. The van der Waals surface area contributed by atoms with Crippen molar-refractivity contribution in [3.8, 4) is 16.9 Å². The van der Waals surface area contributed by atoms with Crippen molar-refractivity contribution in [2.75, 3.05) is 20.2 Å². The fourth-order valence-corrected chi connectivity index (χ4v) is 4.76. The fourth-order valence-electron chi connectivity index (χ4n) is 4.76. The molecule has 0 radical (unpaired) electrons. The number of amides is 1. The van der Waals surface area contributed by atoms with Crippen LogP contribution >= 0.6 is 0 Å². The molecule has 2 aromatic heterocycles. The number of ether oxygens (including phenoxy) is 1. The van der Waals surface area contributed by atoms with Gasteiger partial charge in [0.15, 0.2) is 5.65 Å². The van der Waals surface area contributed by atoms with Gasteiger partial charge in [-0.05, 0) is 54.7 Å². The van der Waals surface area contributed by atoms with Crippen LogP contribution < -0.4 is 4.74 Å². The van der Waals surface area contributed by atoms with Crippen LogP contribution in [0.1, 0.15) is 40.4 Å². The number of aromatic nitrogens is 4. The Labute approximate surface area is 193 Å². The molecule has 7 heteroatoms. The zero-order chi connectivity index (χ0) is 22.9. The van der Waals surface area contributed by atoms with Gasteiger partial charge in [0.2, 0.25) is 0 Å². The molecule has 1 saturated heterocycles. The van der Waals surface area contributed by atoms with Crippen LogP contribution in [0.3, 0.4) is 0 Å². The minimum absolute atomic E-state index is 0.0898. The topological polar surface area (TPSA) is 73.1 Å². The molecule has 1 amide bonds. The first-order chi connectivity index (χ1) is 16.1. The molecule has 33 heavy (non-hydrogen) atoms. The van der Waals surface area contributed by atoms with Gasteiger partial charge in [0, 0.05) is 44.0 Å². The highest BCUT2D eigenvalue weighted by molar-refractivity contribution is 5.97. The van der Waals surface area contributed by atoms with E-state index < -0.39 is 0 Å². The third kappa shape index (κ3) is 3.84. The second kappa shape index (κ2) is 8.65. The maximum Gasteiger partial charge on any atom is 0.254 e. The highest BCUT2D eigenvalue weighted by atomic mass is 16.5. The van der Waals surface area contributed by atoms with Gasteiger partial charge < -0.3 is 9.64 Å². The van der Waals surface area contributed by atoms with E-state index >= 15 is 0 Å². The van der Waals surface area contributed by atoms with E-state index in [1.54, 1.807) is 24.2 Å². The van der Waals surface area contributed by atoms with Crippen molar-refractivity contribution in [1.29, 1.82) is 0 Å². The minimum Gasteiger partial charge on any atom is -0.497 e. The van der Waals surface area contributed by atoms with Gasteiger partial charge in [0.1, 0.15) is 11.3 Å². The van der Waals surface area contributed by atoms with Crippen molar-refractivity contribution in [3.05, 3.63) is 71.7 Å². The number of likely N-dealkylation sites (tertiary alicyclic amines) is 1. The van der Waals surface area contributed by atoms with Crippen LogP contribution in [0.5, 0.6) is 5.75 Å². The third-order valence-corrected chi connectivity index (χ3v) is 6.62. The number of methoxy groups -OCH3 is 1. The standard InChI is InChI=1S/C26H27N5O2/c1-17-21(18-7-9-20(33-3)10-8-18)5-4-6-22(17)26(32)31-15-11-19(12-16-31)23-24-25(30(2)29-23)28-14-13-27-24/h4-10,13-14,19H,11-12,15-16H2,1-3H3. The molecule has 0 unspecified atom stereocenters. The molecule has 4 aromatic rings. The molecule has 168 valence electrons. The molecule has 0 aliphatic carbocycles. The molecule has 3 heterocycles. The maximum atomic E-state index is 13.4. The molecule has 5 rings (SSSR count). The van der Waals surface area contributed by atoms with Gasteiger partial charge in [-0.3, -0.25) is 4.79 Å². The summed E-state index contributed by atoms with van der Waals surface area (Å²) in [5, 5.41) is 4.69. The van der Waals surface area contributed by atoms with E-state index in [0.29, 0.717) is 13.1 Å². The first kappa shape index (κ1) is 21.1. The predicted molar refractivity (Wildman–Crippen MR) is 127 cm³/mol. The Kier molecular flexibility index (Phi) is 5.54. The summed E-state index contributed by atoms with van der Waals surface area (Å²) in [6.07, 6.45) is 5.14. The number of rotatable bonds is 4. The summed E-state index contributed by atoms with van der Waals surface area (Å²) in [7, 11) is 3.56. The van der Waals surface area contributed by atoms with Gasteiger partial charge in [-0.25, -0.2) is 14.6 Å².